The molecule has 0 radical (unpaired) electrons. The number of aliphatic imine (C=N–C) groups is 1. The van der Waals surface area contributed by atoms with E-state index in [1.807, 2.05) is 12.1 Å². The number of hydrogen-bond donors (Lipinski definition) is 1. The van der Waals surface area contributed by atoms with Crippen LogP contribution < -0.4 is 0 Å². The number of rotatable bonds is 3. The van der Waals surface area contributed by atoms with Crippen LogP contribution in [0.3, 0.4) is 0 Å². The molecule has 1 N–H and O–H groups in total. The van der Waals surface area contributed by atoms with Crippen molar-refractivity contribution in [1.82, 2.24) is 4.98 Å². The lowest BCUT2D eigenvalue weighted by atomic mass is 9.70. The smallest absolute Gasteiger partial charge is 0.268 e. The fraction of sp³-hybridized carbons (Fsp3) is 0.250. The maximum Gasteiger partial charge on any atom is 0.268 e. The molecule has 4 bridgehead atoms. The molecule has 2 aromatic carbocycles. The summed E-state index contributed by atoms with van der Waals surface area (Å²) in [6.45, 7) is 0. The monoisotopic (exact) mass is 469 g/mol. The fourth-order valence-electron chi connectivity index (χ4n) is 7.16. The van der Waals surface area contributed by atoms with Gasteiger partial charge in [-0.1, -0.05) is 85.0 Å². The Balaban J connectivity index is 1.37. The Morgan fingerprint density at radius 3 is 1.86 bits per heavy atom. The Bertz CT molecular complexity index is 1550. The van der Waals surface area contributed by atoms with E-state index in [1.54, 1.807) is 0 Å². The molecule has 0 saturated carbocycles. The molecule has 176 valence electrons. The molecule has 6 aliphatic carbocycles. The van der Waals surface area contributed by atoms with Gasteiger partial charge in [-0.05, 0) is 25.7 Å². The van der Waals surface area contributed by atoms with Crippen molar-refractivity contribution in [2.24, 2.45) is 16.8 Å². The summed E-state index contributed by atoms with van der Waals surface area (Å²) in [7, 11) is 0. The highest BCUT2D eigenvalue weighted by Gasteiger charge is 2.45. The summed E-state index contributed by atoms with van der Waals surface area (Å²) in [5.74, 6) is 2.49. The molecule has 2 heterocycles. The minimum atomic E-state index is 0.261. The first kappa shape index (κ1) is 20.3. The third-order valence-corrected chi connectivity index (χ3v) is 8.78. The number of nitrogens with one attached hydrogen (secondary N) is 1. The van der Waals surface area contributed by atoms with Gasteiger partial charge in [0.05, 0.1) is 0 Å². The highest BCUT2D eigenvalue weighted by atomic mass is 16.5. The lowest BCUT2D eigenvalue weighted by molar-refractivity contribution is -0.366. The minimum absolute atomic E-state index is 0.261. The summed E-state index contributed by atoms with van der Waals surface area (Å²) in [6.07, 6.45) is 13.7. The Kier molecular flexibility index (Phi) is 4.25. The number of amidine groups is 1. The summed E-state index contributed by atoms with van der Waals surface area (Å²) in [5, 5.41) is 14.4. The van der Waals surface area contributed by atoms with Gasteiger partial charge in [0.25, 0.3) is 5.84 Å². The number of benzene rings is 2. The van der Waals surface area contributed by atoms with Crippen molar-refractivity contribution in [2.45, 2.75) is 37.5 Å². The summed E-state index contributed by atoms with van der Waals surface area (Å²) >= 11 is 0. The van der Waals surface area contributed by atoms with E-state index in [0.29, 0.717) is 23.5 Å². The first-order valence-electron chi connectivity index (χ1n) is 13.2. The topological polar surface area (TPSA) is 54.2 Å². The zero-order chi connectivity index (χ0) is 23.8. The number of aromatic amines is 1. The standard InChI is InChI=1S/C32H27N3O/c36-35(31-27-21-15-11-19(12-16-21)25(27)29(33-31)23-7-3-1-4-8-23)32-28-22-17-13-20(14-18-22)26(28)30(34-32)24-9-5-2-6-10-24/h1-11,13,15,17,19-22,33H,12,14,16,18H2/b35-32+. The molecule has 4 atom stereocenters. The average Bonchev–Trinajstić information content (AvgIpc) is 3.58. The highest BCUT2D eigenvalue weighted by molar-refractivity contribution is 6.27. The quantitative estimate of drug-likeness (QED) is 0.188. The van der Waals surface area contributed by atoms with Crippen LogP contribution in [0.4, 0.5) is 5.82 Å². The Morgan fingerprint density at radius 1 is 0.667 bits per heavy atom. The number of nitrogens with zero attached hydrogens (tertiary/aromatic N) is 2. The molecule has 0 amide bonds. The third kappa shape index (κ3) is 2.76. The number of aromatic nitrogens is 1. The van der Waals surface area contributed by atoms with Gasteiger partial charge in [0.15, 0.2) is 5.71 Å². The second-order valence-electron chi connectivity index (χ2n) is 10.7. The molecule has 4 nitrogen and oxygen atoms in total. The highest BCUT2D eigenvalue weighted by Crippen LogP contribution is 2.53. The molecule has 7 aliphatic rings. The van der Waals surface area contributed by atoms with Crippen LogP contribution in [0.25, 0.3) is 11.3 Å². The molecular weight excluding hydrogens is 442 g/mol. The van der Waals surface area contributed by atoms with E-state index in [1.165, 1.54) is 16.7 Å². The third-order valence-electron chi connectivity index (χ3n) is 8.78. The lowest BCUT2D eigenvalue weighted by Crippen LogP contribution is -2.27. The van der Waals surface area contributed by atoms with Crippen molar-refractivity contribution in [2.75, 3.05) is 0 Å². The average molecular weight is 470 g/mol. The maximum atomic E-state index is 14.4. The molecule has 4 unspecified atom stereocenters. The molecule has 0 saturated heterocycles. The van der Waals surface area contributed by atoms with E-state index in [9.17, 15) is 5.21 Å². The second kappa shape index (κ2) is 7.54. The van der Waals surface area contributed by atoms with E-state index < -0.39 is 0 Å². The van der Waals surface area contributed by atoms with Crippen LogP contribution in [0.1, 0.15) is 54.2 Å². The fourth-order valence-corrected chi connectivity index (χ4v) is 7.16. The van der Waals surface area contributed by atoms with Gasteiger partial charge in [-0.25, -0.2) is 4.74 Å². The van der Waals surface area contributed by atoms with Gasteiger partial charge < -0.3 is 5.21 Å². The van der Waals surface area contributed by atoms with Crippen LogP contribution in [-0.2, 0) is 0 Å². The predicted octanol–water partition coefficient (Wildman–Crippen LogP) is 7.15. The molecular formula is C32H27N3O. The summed E-state index contributed by atoms with van der Waals surface area (Å²) in [4.78, 5) is 8.73. The minimum Gasteiger partial charge on any atom is -0.740 e. The first-order valence-corrected chi connectivity index (χ1v) is 13.2. The van der Waals surface area contributed by atoms with Gasteiger partial charge in [0, 0.05) is 57.1 Å². The molecule has 36 heavy (non-hydrogen) atoms. The second-order valence-corrected chi connectivity index (χ2v) is 10.7. The molecule has 10 rings (SSSR count). The van der Waals surface area contributed by atoms with Crippen molar-refractivity contribution >= 4 is 17.4 Å². The van der Waals surface area contributed by atoms with E-state index in [2.05, 4.69) is 77.8 Å². The van der Waals surface area contributed by atoms with Crippen molar-refractivity contribution in [3.63, 3.8) is 0 Å². The van der Waals surface area contributed by atoms with Gasteiger partial charge in [0.2, 0.25) is 5.82 Å². The van der Waals surface area contributed by atoms with Crippen LogP contribution in [0, 0.1) is 17.0 Å². The molecule has 4 heteroatoms. The molecule has 0 spiro atoms. The van der Waals surface area contributed by atoms with Crippen molar-refractivity contribution in [3.8, 4) is 11.3 Å². The van der Waals surface area contributed by atoms with Crippen molar-refractivity contribution in [3.05, 3.63) is 118 Å². The number of fused-ring (bicyclic) bond motifs is 2. The molecule has 0 fully saturated rings. The van der Waals surface area contributed by atoms with Crippen LogP contribution in [0.15, 0.2) is 101 Å². The SMILES string of the molecule is [O-]/[N+](=C1/N=C(c2ccccc2)C2=C1C1C=CC2CC1)c1[nH]c(-c2ccccc2)c2c1C1C=CC2CC1. The lowest BCUT2D eigenvalue weighted by Gasteiger charge is -2.33. The summed E-state index contributed by atoms with van der Waals surface area (Å²) < 4.78 is 1.14. The Labute approximate surface area is 210 Å². The van der Waals surface area contributed by atoms with Gasteiger partial charge in [0.1, 0.15) is 5.69 Å². The van der Waals surface area contributed by atoms with Crippen LogP contribution in [0.5, 0.6) is 0 Å². The zero-order valence-electron chi connectivity index (χ0n) is 20.0. The first-order chi connectivity index (χ1) is 17.8. The van der Waals surface area contributed by atoms with Gasteiger partial charge >= 0.3 is 0 Å². The Morgan fingerprint density at radius 2 is 1.22 bits per heavy atom. The van der Waals surface area contributed by atoms with Crippen LogP contribution >= 0.6 is 0 Å². The normalized spacial score (nSPS) is 28.4. The predicted molar refractivity (Wildman–Crippen MR) is 144 cm³/mol. The maximum absolute atomic E-state index is 14.4. The van der Waals surface area contributed by atoms with Gasteiger partial charge in [-0.15, -0.1) is 4.99 Å². The van der Waals surface area contributed by atoms with Crippen molar-refractivity contribution < 1.29 is 4.74 Å². The number of hydrogen-bond acceptors (Lipinski definition) is 1. The van der Waals surface area contributed by atoms with Crippen LogP contribution in [-0.4, -0.2) is 21.3 Å². The Hall–Kier alpha value is -3.92. The van der Waals surface area contributed by atoms with Gasteiger partial charge in [-0.2, -0.15) is 0 Å². The van der Waals surface area contributed by atoms with Crippen LogP contribution in [0.2, 0.25) is 0 Å². The summed E-state index contributed by atoms with van der Waals surface area (Å²) in [5.41, 5.74) is 9.19. The summed E-state index contributed by atoms with van der Waals surface area (Å²) in [6, 6.07) is 20.8. The molecule has 3 aromatic rings. The van der Waals surface area contributed by atoms with Crippen molar-refractivity contribution in [1.29, 1.82) is 0 Å². The molecule has 1 aromatic heterocycles. The number of H-pyrrole nitrogens is 1. The van der Waals surface area contributed by atoms with E-state index in [0.717, 1.165) is 58.5 Å². The zero-order valence-corrected chi connectivity index (χ0v) is 20.0. The van der Waals surface area contributed by atoms with E-state index >= 15 is 0 Å². The van der Waals surface area contributed by atoms with Gasteiger partial charge in [-0.3, -0.25) is 4.98 Å². The molecule has 1 aliphatic heterocycles. The largest absolute Gasteiger partial charge is 0.740 e. The number of allylic oxidation sites excluding steroid dienone is 5. The van der Waals surface area contributed by atoms with E-state index in [4.69, 9.17) is 4.99 Å². The van der Waals surface area contributed by atoms with E-state index in [-0.39, 0.29) is 11.8 Å².